The van der Waals surface area contributed by atoms with Gasteiger partial charge >= 0.3 is 0 Å². The molecule has 0 aliphatic heterocycles. The summed E-state index contributed by atoms with van der Waals surface area (Å²) in [5, 5.41) is 0. The molecular weight excluding hydrogens is 306 g/mol. The van der Waals surface area contributed by atoms with E-state index in [9.17, 15) is 8.42 Å². The quantitative estimate of drug-likeness (QED) is 0.830. The van der Waals surface area contributed by atoms with Crippen molar-refractivity contribution in [3.8, 4) is 11.8 Å². The van der Waals surface area contributed by atoms with Crippen LogP contribution in [0, 0.1) is 18.8 Å². The van der Waals surface area contributed by atoms with Crippen LogP contribution in [0.25, 0.3) is 0 Å². The van der Waals surface area contributed by atoms with Gasteiger partial charge in [0.1, 0.15) is 4.90 Å². The van der Waals surface area contributed by atoms with Gasteiger partial charge < -0.3 is 5.73 Å². The van der Waals surface area contributed by atoms with Crippen LogP contribution in [0.3, 0.4) is 0 Å². The van der Waals surface area contributed by atoms with Crippen molar-refractivity contribution >= 4 is 21.4 Å². The number of thiophene rings is 1. The zero-order valence-electron chi connectivity index (χ0n) is 11.5. The number of nitrogens with one attached hydrogen (secondary N) is 1. The molecule has 0 atom stereocenters. The van der Waals surface area contributed by atoms with E-state index >= 15 is 0 Å². The molecule has 5 nitrogen and oxygen atoms in total. The lowest BCUT2D eigenvalue weighted by atomic mass is 10.3. The van der Waals surface area contributed by atoms with Crippen molar-refractivity contribution in [2.45, 2.75) is 18.4 Å². The molecule has 2 aromatic heterocycles. The van der Waals surface area contributed by atoms with Gasteiger partial charge in [-0.15, -0.1) is 11.3 Å². The second kappa shape index (κ2) is 6.83. The minimum atomic E-state index is -3.60. The van der Waals surface area contributed by atoms with Crippen molar-refractivity contribution in [1.82, 2.24) is 9.71 Å². The Labute approximate surface area is 128 Å². The first-order valence-corrected chi connectivity index (χ1v) is 8.50. The molecule has 0 amide bonds. The van der Waals surface area contributed by atoms with Crippen LogP contribution in [0.2, 0.25) is 0 Å². The molecule has 0 aromatic carbocycles. The number of rotatable bonds is 4. The van der Waals surface area contributed by atoms with Crippen LogP contribution in [0.4, 0.5) is 0 Å². The van der Waals surface area contributed by atoms with Crippen LogP contribution in [-0.2, 0) is 16.6 Å². The topological polar surface area (TPSA) is 85.1 Å². The van der Waals surface area contributed by atoms with Crippen LogP contribution in [-0.4, -0.2) is 19.9 Å². The molecule has 2 heterocycles. The van der Waals surface area contributed by atoms with Crippen molar-refractivity contribution < 1.29 is 8.42 Å². The highest BCUT2D eigenvalue weighted by molar-refractivity contribution is 7.89. The van der Waals surface area contributed by atoms with Gasteiger partial charge in [-0.2, -0.15) is 0 Å². The second-order valence-electron chi connectivity index (χ2n) is 4.25. The summed E-state index contributed by atoms with van der Waals surface area (Å²) < 4.78 is 27.0. The number of aryl methyl sites for hydroxylation is 1. The van der Waals surface area contributed by atoms with Gasteiger partial charge in [-0.25, -0.2) is 13.1 Å². The predicted molar refractivity (Wildman–Crippen MR) is 83.3 cm³/mol. The van der Waals surface area contributed by atoms with Gasteiger partial charge in [-0.3, -0.25) is 4.98 Å². The molecule has 0 saturated heterocycles. The van der Waals surface area contributed by atoms with E-state index < -0.39 is 10.0 Å². The van der Waals surface area contributed by atoms with Gasteiger partial charge in [0, 0.05) is 34.3 Å². The summed E-state index contributed by atoms with van der Waals surface area (Å²) in [6, 6.07) is 5.35. The normalized spacial score (nSPS) is 11.0. The summed E-state index contributed by atoms with van der Waals surface area (Å²) in [5.74, 6) is 5.43. The third-order valence-corrected chi connectivity index (χ3v) is 4.96. The smallest absolute Gasteiger partial charge is 0.242 e. The van der Waals surface area contributed by atoms with Crippen LogP contribution < -0.4 is 10.5 Å². The molecular formula is C14H15N3O2S2. The lowest BCUT2D eigenvalue weighted by molar-refractivity contribution is 0.581. The average molecular weight is 321 g/mol. The van der Waals surface area contributed by atoms with Crippen LogP contribution in [0.5, 0.6) is 0 Å². The van der Waals surface area contributed by atoms with Crippen LogP contribution in [0.15, 0.2) is 35.5 Å². The van der Waals surface area contributed by atoms with Gasteiger partial charge in [0.15, 0.2) is 0 Å². The summed E-state index contributed by atoms with van der Waals surface area (Å²) in [4.78, 5) is 6.10. The zero-order valence-corrected chi connectivity index (χ0v) is 13.1. The van der Waals surface area contributed by atoms with Crippen LogP contribution in [0.1, 0.15) is 15.3 Å². The van der Waals surface area contributed by atoms with E-state index in [2.05, 4.69) is 21.5 Å². The summed E-state index contributed by atoms with van der Waals surface area (Å²) >= 11 is 1.56. The van der Waals surface area contributed by atoms with Gasteiger partial charge in [0.05, 0.1) is 6.54 Å². The largest absolute Gasteiger partial charge is 0.320 e. The molecule has 7 heteroatoms. The lowest BCUT2D eigenvalue weighted by Crippen LogP contribution is -2.23. The Morgan fingerprint density at radius 2 is 2.19 bits per heavy atom. The number of hydrogen-bond acceptors (Lipinski definition) is 5. The Balaban J connectivity index is 2.15. The van der Waals surface area contributed by atoms with Gasteiger partial charge in [0.2, 0.25) is 10.0 Å². The van der Waals surface area contributed by atoms with E-state index in [1.165, 1.54) is 18.5 Å². The van der Waals surface area contributed by atoms with E-state index in [4.69, 9.17) is 5.73 Å². The lowest BCUT2D eigenvalue weighted by Gasteiger charge is -2.05. The number of sulfonamides is 1. The molecule has 2 aromatic rings. The van der Waals surface area contributed by atoms with E-state index in [-0.39, 0.29) is 18.0 Å². The fourth-order valence-electron chi connectivity index (χ4n) is 1.62. The van der Waals surface area contributed by atoms with E-state index in [1.54, 1.807) is 11.3 Å². The molecule has 110 valence electrons. The van der Waals surface area contributed by atoms with E-state index in [0.29, 0.717) is 5.56 Å². The van der Waals surface area contributed by atoms with Crippen molar-refractivity contribution in [1.29, 1.82) is 0 Å². The summed E-state index contributed by atoms with van der Waals surface area (Å²) in [5.41, 5.74) is 5.81. The maximum Gasteiger partial charge on any atom is 0.242 e. The third kappa shape index (κ3) is 4.37. The summed E-state index contributed by atoms with van der Waals surface area (Å²) in [6.45, 7) is 2.46. The maximum absolute atomic E-state index is 12.2. The number of pyridine rings is 1. The standard InChI is InChI=1S/C14H15N3O2S2/c1-11-4-5-13(20-11)9-17-21(18,19)14-7-12(3-2-6-15)8-16-10-14/h4-5,7-8,10,17H,6,9,15H2,1H3. The highest BCUT2D eigenvalue weighted by Crippen LogP contribution is 2.16. The number of nitrogens with two attached hydrogens (primary N) is 1. The molecule has 0 spiro atoms. The molecule has 0 unspecified atom stereocenters. The van der Waals surface area contributed by atoms with Gasteiger partial charge in [-0.1, -0.05) is 11.8 Å². The number of nitrogens with zero attached hydrogens (tertiary/aromatic N) is 1. The van der Waals surface area contributed by atoms with Crippen molar-refractivity contribution in [3.63, 3.8) is 0 Å². The Kier molecular flexibility index (Phi) is 5.09. The molecule has 21 heavy (non-hydrogen) atoms. The molecule has 0 aliphatic carbocycles. The third-order valence-electron chi connectivity index (χ3n) is 2.59. The first-order valence-electron chi connectivity index (χ1n) is 6.20. The van der Waals surface area contributed by atoms with E-state index in [1.807, 2.05) is 19.1 Å². The minimum absolute atomic E-state index is 0.0969. The van der Waals surface area contributed by atoms with Crippen molar-refractivity contribution in [2.75, 3.05) is 6.54 Å². The van der Waals surface area contributed by atoms with Gasteiger partial charge in [0.25, 0.3) is 0 Å². The second-order valence-corrected chi connectivity index (χ2v) is 7.39. The fourth-order valence-corrected chi connectivity index (χ4v) is 3.53. The summed E-state index contributed by atoms with van der Waals surface area (Å²) in [6.07, 6.45) is 2.81. The minimum Gasteiger partial charge on any atom is -0.320 e. The molecule has 0 aliphatic rings. The first kappa shape index (κ1) is 15.7. The Bertz CT molecular complexity index is 786. The van der Waals surface area contributed by atoms with Crippen LogP contribution >= 0.6 is 11.3 Å². The highest BCUT2D eigenvalue weighted by atomic mass is 32.2. The number of aromatic nitrogens is 1. The summed E-state index contributed by atoms with van der Waals surface area (Å²) in [7, 11) is -3.60. The molecule has 2 rings (SSSR count). The zero-order chi connectivity index (χ0) is 15.3. The Morgan fingerprint density at radius 1 is 1.38 bits per heavy atom. The monoisotopic (exact) mass is 321 g/mol. The Morgan fingerprint density at radius 3 is 2.86 bits per heavy atom. The van der Waals surface area contributed by atoms with Gasteiger partial charge in [-0.05, 0) is 25.1 Å². The van der Waals surface area contributed by atoms with Crippen molar-refractivity contribution in [3.05, 3.63) is 45.9 Å². The maximum atomic E-state index is 12.2. The molecule has 0 saturated carbocycles. The predicted octanol–water partition coefficient (Wildman–Crippen LogP) is 1.24. The molecule has 0 bridgehead atoms. The van der Waals surface area contributed by atoms with E-state index in [0.717, 1.165) is 9.75 Å². The molecule has 3 N–H and O–H groups in total. The van der Waals surface area contributed by atoms with Crippen molar-refractivity contribution in [2.24, 2.45) is 5.73 Å². The highest BCUT2D eigenvalue weighted by Gasteiger charge is 2.14. The first-order chi connectivity index (χ1) is 10.0. The molecule has 0 radical (unpaired) electrons. The average Bonchev–Trinajstić information content (AvgIpc) is 2.89. The Hall–Kier alpha value is -1.72. The fraction of sp³-hybridized carbons (Fsp3) is 0.214. The number of hydrogen-bond donors (Lipinski definition) is 2. The molecule has 0 fully saturated rings. The SMILES string of the molecule is Cc1ccc(CNS(=O)(=O)c2cncc(C#CCN)c2)s1.